The van der Waals surface area contributed by atoms with E-state index in [0.717, 1.165) is 12.5 Å². The van der Waals surface area contributed by atoms with E-state index in [4.69, 9.17) is 24.7 Å². The second kappa shape index (κ2) is 16.1. The summed E-state index contributed by atoms with van der Waals surface area (Å²) in [6.07, 6.45) is 3.58. The van der Waals surface area contributed by atoms with Crippen LogP contribution >= 0.6 is 0 Å². The van der Waals surface area contributed by atoms with Gasteiger partial charge in [-0.05, 0) is 27.2 Å². The van der Waals surface area contributed by atoms with Gasteiger partial charge in [0.05, 0.1) is 0 Å². The molecule has 0 bridgehead atoms. The lowest BCUT2D eigenvalue weighted by Crippen LogP contribution is -2.45. The highest BCUT2D eigenvalue weighted by Gasteiger charge is 2.39. The maximum absolute atomic E-state index is 5.75. The molecule has 0 aromatic rings. The molecule has 19 heavy (non-hydrogen) atoms. The summed E-state index contributed by atoms with van der Waals surface area (Å²) in [7, 11) is -2.33. The minimum absolute atomic E-state index is 0.597. The first-order valence-corrected chi connectivity index (χ1v) is 9.41. The van der Waals surface area contributed by atoms with Gasteiger partial charge in [0, 0.05) is 39.0 Å². The van der Waals surface area contributed by atoms with Crippen molar-refractivity contribution in [2.45, 2.75) is 53.0 Å². The fourth-order valence-corrected chi connectivity index (χ4v) is 4.28. The van der Waals surface area contributed by atoms with Crippen LogP contribution < -0.4 is 11.5 Å². The average molecular weight is 295 g/mol. The topological polar surface area (TPSA) is 79.7 Å². The number of rotatable bonds is 11. The van der Waals surface area contributed by atoms with Crippen molar-refractivity contribution in [2.75, 3.05) is 32.9 Å². The first-order chi connectivity index (χ1) is 9.16. The molecule has 0 atom stereocenters. The van der Waals surface area contributed by atoms with Gasteiger partial charge in [-0.1, -0.05) is 19.8 Å². The highest BCUT2D eigenvalue weighted by Crippen LogP contribution is 2.19. The molecule has 0 aliphatic rings. The lowest BCUT2D eigenvalue weighted by Gasteiger charge is -2.28. The molecule has 118 valence electrons. The molecule has 4 N–H and O–H groups in total. The summed E-state index contributed by atoms with van der Waals surface area (Å²) in [6, 6.07) is 0.955. The maximum atomic E-state index is 5.75. The van der Waals surface area contributed by atoms with E-state index in [2.05, 4.69) is 6.92 Å². The van der Waals surface area contributed by atoms with E-state index in [1.807, 2.05) is 20.8 Å². The zero-order valence-corrected chi connectivity index (χ0v) is 14.2. The summed E-state index contributed by atoms with van der Waals surface area (Å²) < 4.78 is 17.3. The van der Waals surface area contributed by atoms with Gasteiger partial charge in [-0.3, -0.25) is 0 Å². The molecular formula is C13H34N2O3Si. The lowest BCUT2D eigenvalue weighted by atomic mass is 10.3. The second-order valence-corrected chi connectivity index (χ2v) is 6.75. The molecule has 0 unspecified atom stereocenters. The lowest BCUT2D eigenvalue weighted by molar-refractivity contribution is 0.0707. The van der Waals surface area contributed by atoms with Gasteiger partial charge in [0.2, 0.25) is 0 Å². The van der Waals surface area contributed by atoms with Crippen LogP contribution in [0, 0.1) is 0 Å². The molecule has 0 aliphatic heterocycles. The van der Waals surface area contributed by atoms with Gasteiger partial charge in [0.15, 0.2) is 0 Å². The smallest absolute Gasteiger partial charge is 0.374 e. The summed E-state index contributed by atoms with van der Waals surface area (Å²) >= 11 is 0. The van der Waals surface area contributed by atoms with Crippen molar-refractivity contribution in [3.05, 3.63) is 0 Å². The molecule has 0 rings (SSSR count). The van der Waals surface area contributed by atoms with Gasteiger partial charge in [0.25, 0.3) is 0 Å². The summed E-state index contributed by atoms with van der Waals surface area (Å²) in [5, 5.41) is 0. The van der Waals surface area contributed by atoms with Gasteiger partial charge < -0.3 is 24.7 Å². The minimum Gasteiger partial charge on any atom is -0.374 e. The SMILES string of the molecule is CCCCC[Si](OCC)(OCC)OCC.NCCN. The number of nitrogens with two attached hydrogens (primary N) is 2. The van der Waals surface area contributed by atoms with Crippen LogP contribution in [0.1, 0.15) is 47.0 Å². The quantitative estimate of drug-likeness (QED) is 0.451. The van der Waals surface area contributed by atoms with Crippen LogP contribution in [0.5, 0.6) is 0 Å². The van der Waals surface area contributed by atoms with Crippen LogP contribution in [-0.2, 0) is 13.3 Å². The molecule has 0 aromatic carbocycles. The molecule has 5 nitrogen and oxygen atoms in total. The van der Waals surface area contributed by atoms with Crippen LogP contribution in [0.2, 0.25) is 6.04 Å². The van der Waals surface area contributed by atoms with Crippen LogP contribution in [0.3, 0.4) is 0 Å². The minimum atomic E-state index is -2.33. The normalized spacial score (nSPS) is 11.1. The van der Waals surface area contributed by atoms with Crippen LogP contribution in [0.4, 0.5) is 0 Å². The Hall–Kier alpha value is 0.0169. The summed E-state index contributed by atoms with van der Waals surface area (Å²) in [4.78, 5) is 0. The predicted molar refractivity (Wildman–Crippen MR) is 83.1 cm³/mol. The Morgan fingerprint density at radius 2 is 1.16 bits per heavy atom. The first-order valence-electron chi connectivity index (χ1n) is 7.48. The van der Waals surface area contributed by atoms with Crippen LogP contribution in [-0.4, -0.2) is 41.7 Å². The Morgan fingerprint density at radius 3 is 1.42 bits per heavy atom. The third-order valence-electron chi connectivity index (χ3n) is 2.35. The van der Waals surface area contributed by atoms with Gasteiger partial charge in [0.1, 0.15) is 0 Å². The molecule has 0 fully saturated rings. The molecular weight excluding hydrogens is 260 g/mol. The highest BCUT2D eigenvalue weighted by molar-refractivity contribution is 6.60. The van der Waals surface area contributed by atoms with E-state index >= 15 is 0 Å². The van der Waals surface area contributed by atoms with Crippen molar-refractivity contribution in [3.63, 3.8) is 0 Å². The first kappa shape index (κ1) is 21.3. The molecule has 0 saturated carbocycles. The highest BCUT2D eigenvalue weighted by atomic mass is 28.4. The molecule has 0 saturated heterocycles. The van der Waals surface area contributed by atoms with Crippen molar-refractivity contribution < 1.29 is 13.3 Å². The van der Waals surface area contributed by atoms with Crippen molar-refractivity contribution in [1.82, 2.24) is 0 Å². The molecule has 0 heterocycles. The zero-order chi connectivity index (χ0) is 15.0. The summed E-state index contributed by atoms with van der Waals surface area (Å²) in [5.41, 5.74) is 9.81. The third kappa shape index (κ3) is 12.8. The largest absolute Gasteiger partial charge is 0.500 e. The van der Waals surface area contributed by atoms with E-state index in [1.165, 1.54) is 12.8 Å². The standard InChI is InChI=1S/C11H26O3Si.C2H8N2/c1-5-9-10-11-15(12-6-2,13-7-3)14-8-4;3-1-2-4/h5-11H2,1-4H3;1-4H2. The number of hydrogen-bond acceptors (Lipinski definition) is 5. The second-order valence-electron chi connectivity index (χ2n) is 4.02. The zero-order valence-electron chi connectivity index (χ0n) is 13.2. The number of hydrogen-bond donors (Lipinski definition) is 2. The fraction of sp³-hybridized carbons (Fsp3) is 1.00. The molecule has 0 radical (unpaired) electrons. The molecule has 6 heteroatoms. The Labute approximate surface area is 120 Å². The monoisotopic (exact) mass is 294 g/mol. The fourth-order valence-electron chi connectivity index (χ4n) is 1.59. The maximum Gasteiger partial charge on any atom is 0.500 e. The third-order valence-corrected chi connectivity index (χ3v) is 5.50. The predicted octanol–water partition coefficient (Wildman–Crippen LogP) is 2.13. The van der Waals surface area contributed by atoms with E-state index in [1.54, 1.807) is 0 Å². The Balaban J connectivity index is 0. The molecule has 0 aromatic heterocycles. The van der Waals surface area contributed by atoms with Crippen molar-refractivity contribution >= 4 is 8.80 Å². The van der Waals surface area contributed by atoms with Gasteiger partial charge in [-0.2, -0.15) is 0 Å². The van der Waals surface area contributed by atoms with Gasteiger partial charge in [-0.15, -0.1) is 0 Å². The molecule has 0 aliphatic carbocycles. The van der Waals surface area contributed by atoms with Gasteiger partial charge in [-0.25, -0.2) is 0 Å². The summed E-state index contributed by atoms with van der Waals surface area (Å²) in [6.45, 7) is 11.4. The van der Waals surface area contributed by atoms with Crippen LogP contribution in [0.15, 0.2) is 0 Å². The Bertz CT molecular complexity index is 155. The van der Waals surface area contributed by atoms with Gasteiger partial charge >= 0.3 is 8.80 Å². The average Bonchev–Trinajstić information content (AvgIpc) is 2.40. The number of unbranched alkanes of at least 4 members (excludes halogenated alkanes) is 2. The van der Waals surface area contributed by atoms with Crippen molar-refractivity contribution in [1.29, 1.82) is 0 Å². The van der Waals surface area contributed by atoms with E-state index in [0.29, 0.717) is 32.9 Å². The Kier molecular flexibility index (Phi) is 18.0. The molecule has 0 amide bonds. The molecule has 0 spiro atoms. The Morgan fingerprint density at radius 1 is 0.737 bits per heavy atom. The van der Waals surface area contributed by atoms with Crippen molar-refractivity contribution in [3.8, 4) is 0 Å². The van der Waals surface area contributed by atoms with Crippen molar-refractivity contribution in [2.24, 2.45) is 11.5 Å². The van der Waals surface area contributed by atoms with E-state index in [9.17, 15) is 0 Å². The van der Waals surface area contributed by atoms with E-state index < -0.39 is 8.80 Å². The van der Waals surface area contributed by atoms with E-state index in [-0.39, 0.29) is 0 Å². The van der Waals surface area contributed by atoms with Crippen LogP contribution in [0.25, 0.3) is 0 Å². The summed E-state index contributed by atoms with van der Waals surface area (Å²) in [5.74, 6) is 0.